The molecule has 0 aliphatic heterocycles. The second-order valence-electron chi connectivity index (χ2n) is 6.48. The molecule has 0 spiro atoms. The molecule has 1 heterocycles. The third kappa shape index (κ3) is 5.29. The van der Waals surface area contributed by atoms with Crippen molar-refractivity contribution in [1.29, 1.82) is 0 Å². The van der Waals surface area contributed by atoms with Gasteiger partial charge in [0.2, 0.25) is 0 Å². The van der Waals surface area contributed by atoms with Crippen molar-refractivity contribution in [2.45, 2.75) is 25.7 Å². The third-order valence-corrected chi connectivity index (χ3v) is 4.23. The Kier molecular flexibility index (Phi) is 6.21. The van der Waals surface area contributed by atoms with Crippen molar-refractivity contribution in [3.05, 3.63) is 36.4 Å². The first kappa shape index (κ1) is 19.3. The van der Waals surface area contributed by atoms with Gasteiger partial charge in [-0.1, -0.05) is 0 Å². The van der Waals surface area contributed by atoms with Crippen LogP contribution in [0.25, 0.3) is 22.1 Å². The van der Waals surface area contributed by atoms with Crippen LogP contribution in [0.5, 0.6) is 0 Å². The summed E-state index contributed by atoms with van der Waals surface area (Å²) in [6.07, 6.45) is 1.38. The molecular weight excluding hydrogens is 360 g/mol. The Morgan fingerprint density at radius 2 is 1.14 bits per heavy atom. The van der Waals surface area contributed by atoms with Crippen LogP contribution in [-0.2, 0) is 9.59 Å². The first-order chi connectivity index (χ1) is 13.5. The van der Waals surface area contributed by atoms with Gasteiger partial charge in [0.1, 0.15) is 0 Å². The van der Waals surface area contributed by atoms with Crippen molar-refractivity contribution < 1.29 is 19.8 Å². The third-order valence-electron chi connectivity index (χ3n) is 4.23. The minimum absolute atomic E-state index is 0.137. The Bertz CT molecular complexity index is 925. The molecule has 0 bridgehead atoms. The molecule has 8 nitrogen and oxygen atoms in total. The van der Waals surface area contributed by atoms with Gasteiger partial charge in [-0.15, -0.1) is 0 Å². The lowest BCUT2D eigenvalue weighted by Crippen LogP contribution is -2.05. The second-order valence-corrected chi connectivity index (χ2v) is 6.48. The van der Waals surface area contributed by atoms with E-state index < -0.39 is 11.9 Å². The quantitative estimate of drug-likeness (QED) is 0.311. The van der Waals surface area contributed by atoms with Gasteiger partial charge in [-0.2, -0.15) is 0 Å². The zero-order chi connectivity index (χ0) is 19.9. The number of nitrogens with one attached hydrogen (secondary N) is 2. The van der Waals surface area contributed by atoms with Crippen molar-refractivity contribution in [3.63, 3.8) is 0 Å². The standard InChI is InChI=1S/C20H22N4O4/c25-19(26)3-1-9-21-13-5-7-15-17(11-13)23-16-8-6-14(12-18(16)24-15)22-10-2-4-20(27)28/h5-8,11-12,21-22H,1-4,9-10H2,(H,25,26)(H,27,28). The van der Waals surface area contributed by atoms with Gasteiger partial charge in [-0.25, -0.2) is 9.97 Å². The van der Waals surface area contributed by atoms with E-state index in [1.54, 1.807) is 0 Å². The van der Waals surface area contributed by atoms with E-state index >= 15 is 0 Å². The van der Waals surface area contributed by atoms with Crippen LogP contribution >= 0.6 is 0 Å². The molecule has 0 radical (unpaired) electrons. The summed E-state index contributed by atoms with van der Waals surface area (Å²) in [5, 5.41) is 23.8. The van der Waals surface area contributed by atoms with Crippen molar-refractivity contribution in [1.82, 2.24) is 9.97 Å². The molecule has 4 N–H and O–H groups in total. The highest BCUT2D eigenvalue weighted by Crippen LogP contribution is 2.22. The molecule has 0 saturated carbocycles. The molecule has 0 atom stereocenters. The smallest absolute Gasteiger partial charge is 0.303 e. The second kappa shape index (κ2) is 8.98. The number of hydrogen-bond acceptors (Lipinski definition) is 6. The predicted molar refractivity (Wildman–Crippen MR) is 108 cm³/mol. The van der Waals surface area contributed by atoms with Gasteiger partial charge in [0, 0.05) is 37.3 Å². The number of hydrogen-bond donors (Lipinski definition) is 4. The van der Waals surface area contributed by atoms with E-state index in [-0.39, 0.29) is 12.8 Å². The number of carboxylic acid groups (broad SMARTS) is 2. The number of carboxylic acids is 2. The van der Waals surface area contributed by atoms with Gasteiger partial charge in [-0.3, -0.25) is 9.59 Å². The number of nitrogens with zero attached hydrogens (tertiary/aromatic N) is 2. The lowest BCUT2D eigenvalue weighted by molar-refractivity contribution is -0.138. The topological polar surface area (TPSA) is 124 Å². The van der Waals surface area contributed by atoms with Crippen LogP contribution < -0.4 is 10.6 Å². The van der Waals surface area contributed by atoms with Gasteiger partial charge in [0.25, 0.3) is 0 Å². The summed E-state index contributed by atoms with van der Waals surface area (Å²) in [5.74, 6) is -1.60. The van der Waals surface area contributed by atoms with Gasteiger partial charge in [0.15, 0.2) is 0 Å². The van der Waals surface area contributed by atoms with Crippen LogP contribution in [-0.4, -0.2) is 45.2 Å². The molecule has 146 valence electrons. The fourth-order valence-electron chi connectivity index (χ4n) is 2.84. The van der Waals surface area contributed by atoms with Crippen molar-refractivity contribution in [3.8, 4) is 0 Å². The van der Waals surface area contributed by atoms with E-state index in [0.29, 0.717) is 25.9 Å². The zero-order valence-electron chi connectivity index (χ0n) is 15.3. The fraction of sp³-hybridized carbons (Fsp3) is 0.300. The van der Waals surface area contributed by atoms with E-state index in [9.17, 15) is 9.59 Å². The van der Waals surface area contributed by atoms with Gasteiger partial charge in [-0.05, 0) is 49.2 Å². The summed E-state index contributed by atoms with van der Waals surface area (Å²) >= 11 is 0. The average molecular weight is 382 g/mol. The first-order valence-electron chi connectivity index (χ1n) is 9.14. The molecule has 28 heavy (non-hydrogen) atoms. The van der Waals surface area contributed by atoms with Crippen molar-refractivity contribution >= 4 is 45.4 Å². The molecule has 0 aliphatic rings. The highest BCUT2D eigenvalue weighted by Gasteiger charge is 2.05. The lowest BCUT2D eigenvalue weighted by atomic mass is 10.2. The number of anilines is 2. The Morgan fingerprint density at radius 3 is 1.54 bits per heavy atom. The van der Waals surface area contributed by atoms with Crippen molar-refractivity contribution in [2.75, 3.05) is 23.7 Å². The molecule has 8 heteroatoms. The van der Waals surface area contributed by atoms with E-state index in [0.717, 1.165) is 33.4 Å². The molecule has 3 aromatic rings. The fourth-order valence-corrected chi connectivity index (χ4v) is 2.84. The zero-order valence-corrected chi connectivity index (χ0v) is 15.3. The molecule has 2 aromatic carbocycles. The van der Waals surface area contributed by atoms with Crippen molar-refractivity contribution in [2.24, 2.45) is 0 Å². The molecule has 0 fully saturated rings. The van der Waals surface area contributed by atoms with Crippen LogP contribution in [0.15, 0.2) is 36.4 Å². The Hall–Kier alpha value is -3.42. The van der Waals surface area contributed by atoms with Crippen LogP contribution in [0.3, 0.4) is 0 Å². The molecule has 0 saturated heterocycles. The molecule has 3 rings (SSSR count). The number of aromatic nitrogens is 2. The normalized spacial score (nSPS) is 10.9. The highest BCUT2D eigenvalue weighted by molar-refractivity contribution is 5.89. The summed E-state index contributed by atoms with van der Waals surface area (Å²) in [4.78, 5) is 30.4. The van der Waals surface area contributed by atoms with Crippen LogP contribution in [0.2, 0.25) is 0 Å². The summed E-state index contributed by atoms with van der Waals surface area (Å²) in [5.41, 5.74) is 4.82. The number of carbonyl (C=O) groups is 2. The maximum atomic E-state index is 10.6. The SMILES string of the molecule is O=C(O)CCCNc1ccc2nc3cc(NCCCC(=O)O)ccc3nc2c1. The monoisotopic (exact) mass is 382 g/mol. The van der Waals surface area contributed by atoms with E-state index in [2.05, 4.69) is 20.6 Å². The van der Waals surface area contributed by atoms with Gasteiger partial charge < -0.3 is 20.8 Å². The number of aliphatic carboxylic acids is 2. The van der Waals surface area contributed by atoms with Crippen LogP contribution in [0, 0.1) is 0 Å². The molecule has 0 amide bonds. The molecular formula is C20H22N4O4. The Labute approximate surface area is 161 Å². The number of benzene rings is 2. The largest absolute Gasteiger partial charge is 0.481 e. The summed E-state index contributed by atoms with van der Waals surface area (Å²) in [6.45, 7) is 1.16. The Balaban J connectivity index is 1.70. The lowest BCUT2D eigenvalue weighted by Gasteiger charge is -2.09. The highest BCUT2D eigenvalue weighted by atomic mass is 16.4. The number of rotatable bonds is 10. The predicted octanol–water partition coefficient (Wildman–Crippen LogP) is 3.34. The van der Waals surface area contributed by atoms with Gasteiger partial charge in [0.05, 0.1) is 22.1 Å². The van der Waals surface area contributed by atoms with E-state index in [4.69, 9.17) is 10.2 Å². The Morgan fingerprint density at radius 1 is 0.714 bits per heavy atom. The summed E-state index contributed by atoms with van der Waals surface area (Å²) in [6, 6.07) is 11.4. The maximum Gasteiger partial charge on any atom is 0.303 e. The van der Waals surface area contributed by atoms with Crippen LogP contribution in [0.4, 0.5) is 11.4 Å². The molecule has 0 unspecified atom stereocenters. The summed E-state index contributed by atoms with van der Waals surface area (Å²) in [7, 11) is 0. The summed E-state index contributed by atoms with van der Waals surface area (Å²) < 4.78 is 0. The van der Waals surface area contributed by atoms with Crippen LogP contribution in [0.1, 0.15) is 25.7 Å². The minimum Gasteiger partial charge on any atom is -0.481 e. The molecule has 1 aromatic heterocycles. The van der Waals surface area contributed by atoms with E-state index in [1.807, 2.05) is 36.4 Å². The number of fused-ring (bicyclic) bond motifs is 2. The molecule has 0 aliphatic carbocycles. The van der Waals surface area contributed by atoms with Gasteiger partial charge >= 0.3 is 11.9 Å². The van der Waals surface area contributed by atoms with E-state index in [1.165, 1.54) is 0 Å². The maximum absolute atomic E-state index is 10.6. The first-order valence-corrected chi connectivity index (χ1v) is 9.14. The minimum atomic E-state index is -0.798. The average Bonchev–Trinajstić information content (AvgIpc) is 2.66.